The number of benzene rings is 1. The standard InChI is InChI=1S/C22H32O4/c1-5-6-7-8-9-10-11-20-12-14-21(15-13-20)16-17(2)22(25-18(3)23)26-19(4)24/h12-16,22H,5-11H2,1-4H3/b17-16+. The van der Waals surface area contributed by atoms with E-state index in [2.05, 4.69) is 19.1 Å². The number of rotatable bonds is 11. The van der Waals surface area contributed by atoms with Gasteiger partial charge in [-0.1, -0.05) is 63.3 Å². The summed E-state index contributed by atoms with van der Waals surface area (Å²) >= 11 is 0. The van der Waals surface area contributed by atoms with Gasteiger partial charge in [-0.15, -0.1) is 0 Å². The summed E-state index contributed by atoms with van der Waals surface area (Å²) in [5.41, 5.74) is 2.98. The molecule has 1 aromatic rings. The number of hydrogen-bond donors (Lipinski definition) is 0. The van der Waals surface area contributed by atoms with Crippen molar-refractivity contribution in [2.24, 2.45) is 0 Å². The van der Waals surface area contributed by atoms with Crippen molar-refractivity contribution in [3.63, 3.8) is 0 Å². The van der Waals surface area contributed by atoms with Gasteiger partial charge >= 0.3 is 11.9 Å². The largest absolute Gasteiger partial charge is 0.421 e. The van der Waals surface area contributed by atoms with Gasteiger partial charge in [0.15, 0.2) is 0 Å². The smallest absolute Gasteiger partial charge is 0.305 e. The van der Waals surface area contributed by atoms with Crippen LogP contribution in [0.1, 0.15) is 77.3 Å². The van der Waals surface area contributed by atoms with Gasteiger partial charge in [-0.05, 0) is 37.0 Å². The first kappa shape index (κ1) is 21.9. The molecule has 0 radical (unpaired) electrons. The summed E-state index contributed by atoms with van der Waals surface area (Å²) < 4.78 is 10.1. The maximum absolute atomic E-state index is 11.2. The second kappa shape index (κ2) is 12.3. The van der Waals surface area contributed by atoms with Crippen molar-refractivity contribution >= 4 is 18.0 Å². The van der Waals surface area contributed by atoms with Crippen molar-refractivity contribution in [2.45, 2.75) is 78.9 Å². The van der Waals surface area contributed by atoms with E-state index in [9.17, 15) is 9.59 Å². The minimum absolute atomic E-state index is 0.488. The number of aryl methyl sites for hydroxylation is 1. The fourth-order valence-corrected chi connectivity index (χ4v) is 2.73. The molecule has 0 atom stereocenters. The monoisotopic (exact) mass is 360 g/mol. The van der Waals surface area contributed by atoms with Crippen LogP contribution >= 0.6 is 0 Å². The SMILES string of the molecule is CCCCCCCCc1ccc(/C=C(\C)C(OC(C)=O)OC(C)=O)cc1. The number of unbranched alkanes of at least 4 members (excludes halogenated alkanes) is 5. The molecule has 0 aliphatic carbocycles. The first-order chi connectivity index (χ1) is 12.4. The van der Waals surface area contributed by atoms with Crippen LogP contribution in [0.15, 0.2) is 29.8 Å². The third kappa shape index (κ3) is 9.40. The molecule has 0 fully saturated rings. The van der Waals surface area contributed by atoms with Gasteiger partial charge in [0.2, 0.25) is 0 Å². The average molecular weight is 360 g/mol. The summed E-state index contributed by atoms with van der Waals surface area (Å²) in [4.78, 5) is 22.4. The first-order valence-corrected chi connectivity index (χ1v) is 9.54. The molecule has 0 aliphatic rings. The molecule has 0 bridgehead atoms. The molecular formula is C22H32O4. The van der Waals surface area contributed by atoms with Crippen molar-refractivity contribution < 1.29 is 19.1 Å². The normalized spacial score (nSPS) is 11.5. The fraction of sp³-hybridized carbons (Fsp3) is 0.545. The maximum Gasteiger partial charge on any atom is 0.305 e. The molecule has 0 saturated carbocycles. The zero-order valence-electron chi connectivity index (χ0n) is 16.5. The molecule has 0 saturated heterocycles. The summed E-state index contributed by atoms with van der Waals surface area (Å²) in [5.74, 6) is -0.975. The van der Waals surface area contributed by atoms with Gasteiger partial charge in [0.1, 0.15) is 0 Å². The van der Waals surface area contributed by atoms with Crippen molar-refractivity contribution in [1.82, 2.24) is 0 Å². The molecule has 1 rings (SSSR count). The Kier molecular flexibility index (Phi) is 10.4. The van der Waals surface area contributed by atoms with E-state index in [0.29, 0.717) is 5.57 Å². The minimum atomic E-state index is -0.979. The molecule has 0 heterocycles. The summed E-state index contributed by atoms with van der Waals surface area (Å²) in [6.45, 7) is 6.60. The highest BCUT2D eigenvalue weighted by molar-refractivity contribution is 5.69. The highest BCUT2D eigenvalue weighted by Crippen LogP contribution is 2.16. The highest BCUT2D eigenvalue weighted by atomic mass is 16.7. The Bertz CT molecular complexity index is 571. The number of carbonyl (C=O) groups is 2. The predicted molar refractivity (Wildman–Crippen MR) is 104 cm³/mol. The number of carbonyl (C=O) groups excluding carboxylic acids is 2. The van der Waals surface area contributed by atoms with Gasteiger partial charge < -0.3 is 9.47 Å². The van der Waals surface area contributed by atoms with Crippen LogP contribution in [0, 0.1) is 0 Å². The molecule has 4 heteroatoms. The van der Waals surface area contributed by atoms with Crippen LogP contribution in [-0.2, 0) is 25.5 Å². The lowest BCUT2D eigenvalue weighted by molar-refractivity contribution is -0.177. The van der Waals surface area contributed by atoms with E-state index in [0.717, 1.165) is 12.0 Å². The molecule has 4 nitrogen and oxygen atoms in total. The molecule has 0 amide bonds. The first-order valence-electron chi connectivity index (χ1n) is 9.54. The molecule has 1 aromatic carbocycles. The predicted octanol–water partition coefficient (Wildman–Crippen LogP) is 5.45. The Morgan fingerprint density at radius 1 is 0.885 bits per heavy atom. The molecule has 0 aliphatic heterocycles. The topological polar surface area (TPSA) is 52.6 Å². The van der Waals surface area contributed by atoms with Gasteiger partial charge in [-0.25, -0.2) is 0 Å². The van der Waals surface area contributed by atoms with E-state index in [1.54, 1.807) is 6.92 Å². The molecule has 144 valence electrons. The number of ether oxygens (including phenoxy) is 2. The van der Waals surface area contributed by atoms with Gasteiger partial charge in [-0.3, -0.25) is 9.59 Å². The Labute approximate surface area is 157 Å². The highest BCUT2D eigenvalue weighted by Gasteiger charge is 2.17. The zero-order valence-corrected chi connectivity index (χ0v) is 16.5. The quantitative estimate of drug-likeness (QED) is 0.299. The maximum atomic E-state index is 11.2. The lowest BCUT2D eigenvalue weighted by atomic mass is 10.0. The molecular weight excluding hydrogens is 328 g/mol. The van der Waals surface area contributed by atoms with Gasteiger partial charge in [0, 0.05) is 19.4 Å². The van der Waals surface area contributed by atoms with Gasteiger partial charge in [-0.2, -0.15) is 0 Å². The molecule has 0 aromatic heterocycles. The van der Waals surface area contributed by atoms with Crippen LogP contribution < -0.4 is 0 Å². The second-order valence-corrected chi connectivity index (χ2v) is 6.70. The molecule has 0 spiro atoms. The van der Waals surface area contributed by atoms with Crippen LogP contribution in [0.5, 0.6) is 0 Å². The Morgan fingerprint density at radius 3 is 1.96 bits per heavy atom. The summed E-state index contributed by atoms with van der Waals surface area (Å²) in [6.07, 6.45) is 9.77. The zero-order chi connectivity index (χ0) is 19.4. The second-order valence-electron chi connectivity index (χ2n) is 6.70. The lowest BCUT2D eigenvalue weighted by Crippen LogP contribution is -2.23. The lowest BCUT2D eigenvalue weighted by Gasteiger charge is -2.17. The number of esters is 2. The Balaban J connectivity index is 2.58. The van der Waals surface area contributed by atoms with Gasteiger partial charge in [0.05, 0.1) is 0 Å². The van der Waals surface area contributed by atoms with Crippen molar-refractivity contribution in [2.75, 3.05) is 0 Å². The van der Waals surface area contributed by atoms with E-state index in [1.165, 1.54) is 57.9 Å². The van der Waals surface area contributed by atoms with E-state index in [-0.39, 0.29) is 0 Å². The molecule has 0 N–H and O–H groups in total. The van der Waals surface area contributed by atoms with E-state index in [1.807, 2.05) is 18.2 Å². The van der Waals surface area contributed by atoms with Crippen LogP contribution in [0.4, 0.5) is 0 Å². The van der Waals surface area contributed by atoms with Crippen molar-refractivity contribution in [3.8, 4) is 0 Å². The summed E-state index contributed by atoms with van der Waals surface area (Å²) in [6, 6.07) is 8.32. The van der Waals surface area contributed by atoms with Crippen molar-refractivity contribution in [3.05, 3.63) is 41.0 Å². The fourth-order valence-electron chi connectivity index (χ4n) is 2.73. The van der Waals surface area contributed by atoms with Crippen LogP contribution in [0.3, 0.4) is 0 Å². The number of hydrogen-bond acceptors (Lipinski definition) is 4. The van der Waals surface area contributed by atoms with Gasteiger partial charge in [0.25, 0.3) is 6.29 Å². The Hall–Kier alpha value is -2.10. The third-order valence-electron chi connectivity index (χ3n) is 4.11. The summed E-state index contributed by atoms with van der Waals surface area (Å²) in [5, 5.41) is 0. The van der Waals surface area contributed by atoms with Crippen LogP contribution in [0.2, 0.25) is 0 Å². The average Bonchev–Trinajstić information content (AvgIpc) is 2.58. The summed E-state index contributed by atoms with van der Waals surface area (Å²) in [7, 11) is 0. The van der Waals surface area contributed by atoms with E-state index in [4.69, 9.17) is 9.47 Å². The van der Waals surface area contributed by atoms with Crippen LogP contribution in [0.25, 0.3) is 6.08 Å². The molecule has 0 unspecified atom stereocenters. The van der Waals surface area contributed by atoms with Crippen LogP contribution in [-0.4, -0.2) is 18.2 Å². The third-order valence-corrected chi connectivity index (χ3v) is 4.11. The minimum Gasteiger partial charge on any atom is -0.421 e. The van der Waals surface area contributed by atoms with E-state index < -0.39 is 18.2 Å². The van der Waals surface area contributed by atoms with Crippen molar-refractivity contribution in [1.29, 1.82) is 0 Å². The Morgan fingerprint density at radius 2 is 1.42 bits per heavy atom. The van der Waals surface area contributed by atoms with E-state index >= 15 is 0 Å². The molecule has 26 heavy (non-hydrogen) atoms.